The SMILES string of the molecule is C=C(C)C(=O)OCCC(C=Cc1ccccc1)N(CC)CC. The average Bonchev–Trinajstić information content (AvgIpc) is 2.53. The first kappa shape index (κ1) is 18.2. The highest BCUT2D eigenvalue weighted by Gasteiger charge is 2.13. The van der Waals surface area contributed by atoms with Crippen LogP contribution in [0.1, 0.15) is 32.8 Å². The molecule has 0 amide bonds. The Kier molecular flexibility index (Phi) is 8.23. The molecular formula is C19H27NO2. The van der Waals surface area contributed by atoms with Gasteiger partial charge in [-0.15, -0.1) is 0 Å². The van der Waals surface area contributed by atoms with Gasteiger partial charge in [0.2, 0.25) is 0 Å². The number of carbonyl (C=O) groups is 1. The van der Waals surface area contributed by atoms with Crippen LogP contribution in [0.5, 0.6) is 0 Å². The Hall–Kier alpha value is -1.87. The zero-order valence-corrected chi connectivity index (χ0v) is 13.9. The smallest absolute Gasteiger partial charge is 0.333 e. The number of hydrogen-bond donors (Lipinski definition) is 0. The Labute approximate surface area is 134 Å². The molecule has 0 spiro atoms. The number of carbonyl (C=O) groups excluding carboxylic acids is 1. The van der Waals surface area contributed by atoms with Crippen molar-refractivity contribution in [2.45, 2.75) is 33.2 Å². The van der Waals surface area contributed by atoms with Crippen molar-refractivity contribution >= 4 is 12.0 Å². The predicted octanol–water partition coefficient (Wildman–Crippen LogP) is 3.92. The monoisotopic (exact) mass is 301 g/mol. The average molecular weight is 301 g/mol. The fourth-order valence-electron chi connectivity index (χ4n) is 2.28. The lowest BCUT2D eigenvalue weighted by Gasteiger charge is -2.27. The molecule has 1 rings (SSSR count). The van der Waals surface area contributed by atoms with Crippen LogP contribution in [-0.4, -0.2) is 36.6 Å². The molecule has 3 nitrogen and oxygen atoms in total. The molecule has 0 aliphatic rings. The summed E-state index contributed by atoms with van der Waals surface area (Å²) >= 11 is 0. The molecule has 3 heteroatoms. The van der Waals surface area contributed by atoms with Crippen LogP contribution in [-0.2, 0) is 9.53 Å². The molecule has 120 valence electrons. The van der Waals surface area contributed by atoms with Gasteiger partial charge in [0.1, 0.15) is 0 Å². The zero-order valence-electron chi connectivity index (χ0n) is 13.9. The second-order valence-corrected chi connectivity index (χ2v) is 5.26. The van der Waals surface area contributed by atoms with E-state index in [1.165, 1.54) is 5.56 Å². The van der Waals surface area contributed by atoms with Gasteiger partial charge in [0.25, 0.3) is 0 Å². The predicted molar refractivity (Wildman–Crippen MR) is 92.6 cm³/mol. The number of likely N-dealkylation sites (N-methyl/N-ethyl adjacent to an activating group) is 1. The van der Waals surface area contributed by atoms with E-state index in [4.69, 9.17) is 4.74 Å². The topological polar surface area (TPSA) is 29.5 Å². The van der Waals surface area contributed by atoms with Crippen molar-refractivity contribution in [1.29, 1.82) is 0 Å². The van der Waals surface area contributed by atoms with Crippen molar-refractivity contribution in [1.82, 2.24) is 4.90 Å². The molecule has 0 bridgehead atoms. The quantitative estimate of drug-likeness (QED) is 0.511. The Morgan fingerprint density at radius 3 is 2.45 bits per heavy atom. The van der Waals surface area contributed by atoms with Crippen LogP contribution >= 0.6 is 0 Å². The number of esters is 1. The second-order valence-electron chi connectivity index (χ2n) is 5.26. The molecule has 22 heavy (non-hydrogen) atoms. The fraction of sp³-hybridized carbons (Fsp3) is 0.421. The minimum absolute atomic E-state index is 0.258. The van der Waals surface area contributed by atoms with E-state index < -0.39 is 0 Å². The van der Waals surface area contributed by atoms with Crippen LogP contribution in [0.2, 0.25) is 0 Å². The molecule has 1 unspecified atom stereocenters. The first-order chi connectivity index (χ1) is 10.6. The van der Waals surface area contributed by atoms with E-state index in [-0.39, 0.29) is 12.0 Å². The third kappa shape index (κ3) is 6.27. The third-order valence-electron chi connectivity index (χ3n) is 3.59. The highest BCUT2D eigenvalue weighted by molar-refractivity contribution is 5.86. The van der Waals surface area contributed by atoms with Gasteiger partial charge in [-0.05, 0) is 25.6 Å². The normalized spacial score (nSPS) is 12.5. The van der Waals surface area contributed by atoms with Crippen molar-refractivity contribution in [3.8, 4) is 0 Å². The molecule has 0 saturated carbocycles. The highest BCUT2D eigenvalue weighted by atomic mass is 16.5. The van der Waals surface area contributed by atoms with E-state index in [2.05, 4.69) is 49.6 Å². The third-order valence-corrected chi connectivity index (χ3v) is 3.59. The molecule has 0 saturated heterocycles. The van der Waals surface area contributed by atoms with Gasteiger partial charge in [0.15, 0.2) is 0 Å². The maximum absolute atomic E-state index is 11.5. The summed E-state index contributed by atoms with van der Waals surface area (Å²) in [5.41, 5.74) is 1.62. The largest absolute Gasteiger partial charge is 0.462 e. The van der Waals surface area contributed by atoms with Crippen LogP contribution in [0.15, 0.2) is 48.6 Å². The molecule has 1 aromatic carbocycles. The Balaban J connectivity index is 2.66. The summed E-state index contributed by atoms with van der Waals surface area (Å²) in [5.74, 6) is -0.315. The van der Waals surface area contributed by atoms with E-state index in [0.29, 0.717) is 12.2 Å². The first-order valence-corrected chi connectivity index (χ1v) is 7.88. The summed E-state index contributed by atoms with van der Waals surface area (Å²) in [5, 5.41) is 0. The van der Waals surface area contributed by atoms with E-state index >= 15 is 0 Å². The molecule has 0 aromatic heterocycles. The summed E-state index contributed by atoms with van der Waals surface area (Å²) in [6.07, 6.45) is 5.10. The number of hydrogen-bond acceptors (Lipinski definition) is 3. The maximum atomic E-state index is 11.5. The van der Waals surface area contributed by atoms with E-state index in [9.17, 15) is 4.79 Å². The molecule has 0 N–H and O–H groups in total. The van der Waals surface area contributed by atoms with Crippen molar-refractivity contribution in [3.05, 3.63) is 54.1 Å². The Morgan fingerprint density at radius 2 is 1.91 bits per heavy atom. The van der Waals surface area contributed by atoms with Crippen LogP contribution < -0.4 is 0 Å². The molecule has 0 aliphatic heterocycles. The minimum Gasteiger partial charge on any atom is -0.462 e. The van der Waals surface area contributed by atoms with Crippen LogP contribution in [0.4, 0.5) is 0 Å². The number of benzene rings is 1. The standard InChI is InChI=1S/C19H27NO2/c1-5-20(6-2)18(14-15-22-19(21)16(3)4)13-12-17-10-8-7-9-11-17/h7-13,18H,3,5-6,14-15H2,1-2,4H3. The van der Waals surface area contributed by atoms with Gasteiger partial charge in [-0.3, -0.25) is 4.90 Å². The summed E-state index contributed by atoms with van der Waals surface area (Å²) < 4.78 is 5.23. The van der Waals surface area contributed by atoms with Crippen LogP contribution in [0.3, 0.4) is 0 Å². The van der Waals surface area contributed by atoms with E-state index in [0.717, 1.165) is 19.5 Å². The molecule has 0 radical (unpaired) electrons. The molecular weight excluding hydrogens is 274 g/mol. The molecule has 0 fully saturated rings. The molecule has 1 aromatic rings. The zero-order chi connectivity index (χ0) is 16.4. The highest BCUT2D eigenvalue weighted by Crippen LogP contribution is 2.10. The van der Waals surface area contributed by atoms with Gasteiger partial charge in [0.05, 0.1) is 6.61 Å². The summed E-state index contributed by atoms with van der Waals surface area (Å²) in [6, 6.07) is 10.5. The second kappa shape index (κ2) is 9.96. The van der Waals surface area contributed by atoms with Gasteiger partial charge in [-0.25, -0.2) is 4.79 Å². The van der Waals surface area contributed by atoms with E-state index in [1.807, 2.05) is 18.2 Å². The fourth-order valence-corrected chi connectivity index (χ4v) is 2.28. The number of nitrogens with zero attached hydrogens (tertiary/aromatic N) is 1. The van der Waals surface area contributed by atoms with Gasteiger partial charge in [-0.2, -0.15) is 0 Å². The first-order valence-electron chi connectivity index (χ1n) is 7.88. The summed E-state index contributed by atoms with van der Waals surface area (Å²) in [4.78, 5) is 13.8. The lowest BCUT2D eigenvalue weighted by atomic mass is 10.1. The van der Waals surface area contributed by atoms with Gasteiger partial charge in [-0.1, -0.05) is 62.9 Å². The number of rotatable bonds is 9. The lowest BCUT2D eigenvalue weighted by molar-refractivity contribution is -0.139. The van der Waals surface area contributed by atoms with Gasteiger partial charge >= 0.3 is 5.97 Å². The van der Waals surface area contributed by atoms with Crippen molar-refractivity contribution in [2.24, 2.45) is 0 Å². The Bertz CT molecular complexity index is 489. The summed E-state index contributed by atoms with van der Waals surface area (Å²) in [6.45, 7) is 11.9. The maximum Gasteiger partial charge on any atom is 0.333 e. The van der Waals surface area contributed by atoms with Crippen molar-refractivity contribution in [2.75, 3.05) is 19.7 Å². The van der Waals surface area contributed by atoms with Crippen molar-refractivity contribution < 1.29 is 9.53 Å². The summed E-state index contributed by atoms with van der Waals surface area (Å²) in [7, 11) is 0. The minimum atomic E-state index is -0.315. The molecule has 0 heterocycles. The van der Waals surface area contributed by atoms with Gasteiger partial charge < -0.3 is 4.74 Å². The molecule has 0 aliphatic carbocycles. The van der Waals surface area contributed by atoms with Crippen molar-refractivity contribution in [3.63, 3.8) is 0 Å². The molecule has 1 atom stereocenters. The van der Waals surface area contributed by atoms with Gasteiger partial charge in [0, 0.05) is 18.0 Å². The van der Waals surface area contributed by atoms with E-state index in [1.54, 1.807) is 6.92 Å². The number of ether oxygens (including phenoxy) is 1. The lowest BCUT2D eigenvalue weighted by Crippen LogP contribution is -2.34. The van der Waals surface area contributed by atoms with Crippen LogP contribution in [0, 0.1) is 0 Å². The van der Waals surface area contributed by atoms with Crippen LogP contribution in [0.25, 0.3) is 6.08 Å². The Morgan fingerprint density at radius 1 is 1.27 bits per heavy atom.